The molecule has 1 heterocycles. The molecule has 3 aromatic rings. The number of piperazine rings is 1. The second-order valence-corrected chi connectivity index (χ2v) is 12.0. The summed E-state index contributed by atoms with van der Waals surface area (Å²) in [6.45, 7) is 3.88. The monoisotopic (exact) mass is 740 g/mol. The second-order valence-electron chi connectivity index (χ2n) is 11.2. The van der Waals surface area contributed by atoms with Crippen molar-refractivity contribution in [2.75, 3.05) is 62.4 Å². The molecule has 0 aromatic heterocycles. The molecule has 1 atom stereocenters. The maximum Gasteiger partial charge on any atom is 0.471 e. The van der Waals surface area contributed by atoms with Gasteiger partial charge in [0.15, 0.2) is 6.29 Å². The molecule has 1 saturated heterocycles. The van der Waals surface area contributed by atoms with Gasteiger partial charge in [0.1, 0.15) is 17.5 Å². The number of carbonyl (C=O) groups is 2. The summed E-state index contributed by atoms with van der Waals surface area (Å²) in [5.74, 6) is -2.99. The summed E-state index contributed by atoms with van der Waals surface area (Å²) in [5.41, 5.74) is 14.6. The number of nitrogens with two attached hydrogens (primary N) is 2. The second kappa shape index (κ2) is 16.8. The van der Waals surface area contributed by atoms with E-state index in [1.165, 1.54) is 24.3 Å². The van der Waals surface area contributed by atoms with Gasteiger partial charge >= 0.3 is 12.1 Å². The normalized spacial score (nSPS) is 14.6. The van der Waals surface area contributed by atoms with Gasteiger partial charge in [0.05, 0.1) is 18.3 Å². The Bertz CT molecular complexity index is 1610. The van der Waals surface area contributed by atoms with Crippen LogP contribution in [0, 0.1) is 11.6 Å². The molecule has 4 rings (SSSR count). The van der Waals surface area contributed by atoms with Crippen LogP contribution >= 0.6 is 15.9 Å². The van der Waals surface area contributed by atoms with Crippen molar-refractivity contribution in [3.05, 3.63) is 86.9 Å². The lowest BCUT2D eigenvalue weighted by atomic mass is 10.0. The topological polar surface area (TPSA) is 128 Å². The van der Waals surface area contributed by atoms with Crippen LogP contribution in [0.5, 0.6) is 0 Å². The summed E-state index contributed by atoms with van der Waals surface area (Å²) in [6.07, 6.45) is -4.24. The fourth-order valence-corrected chi connectivity index (χ4v) is 5.65. The number of hydrogen-bond donors (Lipinski definition) is 3. The van der Waals surface area contributed by atoms with Crippen molar-refractivity contribution in [2.45, 2.75) is 32.0 Å². The number of rotatable bonds is 9. The van der Waals surface area contributed by atoms with Crippen LogP contribution in [0.1, 0.15) is 40.4 Å². The number of aldehydes is 1. The molecule has 3 aromatic carbocycles. The lowest BCUT2D eigenvalue weighted by Gasteiger charge is -2.36. The zero-order chi connectivity index (χ0) is 35.8. The first-order valence-corrected chi connectivity index (χ1v) is 15.7. The number of aliphatic hydroxyl groups excluding tert-OH is 1. The Labute approximate surface area is 284 Å². The third-order valence-electron chi connectivity index (χ3n) is 7.83. The van der Waals surface area contributed by atoms with Crippen LogP contribution in [0.2, 0.25) is 0 Å². The maximum absolute atomic E-state index is 13.2. The van der Waals surface area contributed by atoms with E-state index in [9.17, 15) is 36.6 Å². The molecular weight excluding hydrogens is 703 g/mol. The predicted octanol–water partition coefficient (Wildman–Crippen LogP) is 5.15. The molecule has 0 saturated carbocycles. The summed E-state index contributed by atoms with van der Waals surface area (Å²) in [6, 6.07) is 10.3. The van der Waals surface area contributed by atoms with E-state index in [0.29, 0.717) is 59.0 Å². The van der Waals surface area contributed by atoms with E-state index in [-0.39, 0.29) is 17.7 Å². The molecule has 1 aliphatic heterocycles. The number of alkyl halides is 3. The van der Waals surface area contributed by atoms with E-state index in [4.69, 9.17) is 11.5 Å². The highest BCUT2D eigenvalue weighted by Gasteiger charge is 2.45. The SMILES string of the molecule is CCC(CO)N(C(=O)C(F)(F)F)c1cc(N2CCN(C)CC2)ccc1C=O.CN=C(N)c1cc(Cc2cc(F)cc(F)c2)c(Br)cc1N. The van der Waals surface area contributed by atoms with E-state index in [1.807, 2.05) is 11.9 Å². The molecular formula is C33H38BrF5N6O3. The Morgan fingerprint density at radius 1 is 1.08 bits per heavy atom. The molecule has 5 N–H and O–H groups in total. The number of nitrogens with zero attached hydrogens (tertiary/aromatic N) is 4. The highest BCUT2D eigenvalue weighted by atomic mass is 79.9. The van der Waals surface area contributed by atoms with Crippen LogP contribution in [0.3, 0.4) is 0 Å². The number of likely N-dealkylation sites (N-methyl/N-ethyl adjacent to an activating group) is 1. The van der Waals surface area contributed by atoms with Crippen molar-refractivity contribution in [3.63, 3.8) is 0 Å². The van der Waals surface area contributed by atoms with Gasteiger partial charge < -0.3 is 26.4 Å². The van der Waals surface area contributed by atoms with Crippen molar-refractivity contribution in [3.8, 4) is 0 Å². The van der Waals surface area contributed by atoms with Crippen LogP contribution in [-0.2, 0) is 11.2 Å². The van der Waals surface area contributed by atoms with Crippen LogP contribution in [0.15, 0.2) is 58.0 Å². The fourth-order valence-electron chi connectivity index (χ4n) is 5.15. The third kappa shape index (κ3) is 9.73. The molecule has 1 unspecified atom stereocenters. The van der Waals surface area contributed by atoms with Gasteiger partial charge in [-0.3, -0.25) is 19.5 Å². The number of aliphatic imine (C=N–C) groups is 1. The minimum Gasteiger partial charge on any atom is -0.398 e. The van der Waals surface area contributed by atoms with Gasteiger partial charge in [0.2, 0.25) is 0 Å². The first kappa shape index (κ1) is 38.4. The number of aliphatic hydroxyl groups is 1. The number of hydrogen-bond acceptors (Lipinski definition) is 7. The maximum atomic E-state index is 13.2. The molecule has 9 nitrogen and oxygen atoms in total. The summed E-state index contributed by atoms with van der Waals surface area (Å²) < 4.78 is 66.8. The van der Waals surface area contributed by atoms with Gasteiger partial charge in [-0.2, -0.15) is 13.2 Å². The van der Waals surface area contributed by atoms with Crippen molar-refractivity contribution < 1.29 is 36.6 Å². The molecule has 0 aliphatic carbocycles. The zero-order valence-electron chi connectivity index (χ0n) is 26.7. The number of carbonyl (C=O) groups excluding carboxylic acids is 2. The molecule has 0 spiro atoms. The van der Waals surface area contributed by atoms with Crippen molar-refractivity contribution >= 4 is 51.0 Å². The summed E-state index contributed by atoms with van der Waals surface area (Å²) in [4.78, 5) is 32.0. The predicted molar refractivity (Wildman–Crippen MR) is 181 cm³/mol. The molecule has 48 heavy (non-hydrogen) atoms. The number of anilines is 3. The number of benzene rings is 3. The zero-order valence-corrected chi connectivity index (χ0v) is 28.3. The largest absolute Gasteiger partial charge is 0.471 e. The summed E-state index contributed by atoms with van der Waals surface area (Å²) >= 11 is 3.40. The average molecular weight is 742 g/mol. The van der Waals surface area contributed by atoms with E-state index in [0.717, 1.165) is 29.2 Å². The molecule has 0 bridgehead atoms. The number of halogens is 6. The minimum atomic E-state index is -5.12. The van der Waals surface area contributed by atoms with E-state index in [1.54, 1.807) is 32.2 Å². The smallest absolute Gasteiger partial charge is 0.398 e. The van der Waals surface area contributed by atoms with Crippen LogP contribution in [-0.4, -0.2) is 87.1 Å². The lowest BCUT2D eigenvalue weighted by molar-refractivity contribution is -0.171. The van der Waals surface area contributed by atoms with Crippen LogP contribution in [0.25, 0.3) is 0 Å². The highest BCUT2D eigenvalue weighted by Crippen LogP contribution is 2.33. The number of amides is 1. The van der Waals surface area contributed by atoms with Crippen molar-refractivity contribution in [1.29, 1.82) is 0 Å². The van der Waals surface area contributed by atoms with Gasteiger partial charge in [-0.15, -0.1) is 0 Å². The molecule has 1 aliphatic rings. The van der Waals surface area contributed by atoms with Gasteiger partial charge in [0, 0.05) is 66.3 Å². The van der Waals surface area contributed by atoms with E-state index < -0.39 is 36.4 Å². The molecule has 0 radical (unpaired) electrons. The minimum absolute atomic E-state index is 0.0302. The standard InChI is InChI=1S/C18H24F3N3O3.C15H14BrF2N3/c1-3-14(12-26)24(17(27)18(19,20)21)16-10-15(5-4-13(16)11-25)23-8-6-22(2)7-9-23;1-21-15(20)12-5-9(13(16)7-14(12)19)2-8-3-10(17)6-11(18)4-8/h4-5,10-11,14,26H,3,6-9,12H2,1-2H3;3-7H,2,19H2,1H3,(H2,20,21). The van der Waals surface area contributed by atoms with Gasteiger partial charge in [-0.25, -0.2) is 8.78 Å². The Balaban J connectivity index is 0.000000269. The van der Waals surface area contributed by atoms with Crippen LogP contribution in [0.4, 0.5) is 39.0 Å². The quantitative estimate of drug-likeness (QED) is 0.0911. The molecule has 15 heteroatoms. The Morgan fingerprint density at radius 3 is 2.23 bits per heavy atom. The van der Waals surface area contributed by atoms with Gasteiger partial charge in [-0.05, 0) is 73.5 Å². The van der Waals surface area contributed by atoms with Crippen molar-refractivity contribution in [2.24, 2.45) is 10.7 Å². The van der Waals surface area contributed by atoms with E-state index in [2.05, 4.69) is 25.8 Å². The number of amidine groups is 1. The fraction of sp³-hybridized carbons (Fsp3) is 0.364. The van der Waals surface area contributed by atoms with Crippen molar-refractivity contribution in [1.82, 2.24) is 4.90 Å². The summed E-state index contributed by atoms with van der Waals surface area (Å²) in [5, 5.41) is 9.52. The molecule has 1 fully saturated rings. The third-order valence-corrected chi connectivity index (χ3v) is 8.57. The molecule has 1 amide bonds. The Morgan fingerprint density at radius 2 is 1.71 bits per heavy atom. The van der Waals surface area contributed by atoms with Crippen LogP contribution < -0.4 is 21.3 Å². The molecule has 260 valence electrons. The van der Waals surface area contributed by atoms with Gasteiger partial charge in [-0.1, -0.05) is 22.9 Å². The van der Waals surface area contributed by atoms with Gasteiger partial charge in [0.25, 0.3) is 0 Å². The Kier molecular flexibility index (Phi) is 13.5. The first-order chi connectivity index (χ1) is 22.6. The summed E-state index contributed by atoms with van der Waals surface area (Å²) in [7, 11) is 3.55. The Hall–Kier alpha value is -4.08. The van der Waals surface area contributed by atoms with E-state index >= 15 is 0 Å². The lowest BCUT2D eigenvalue weighted by Crippen LogP contribution is -2.49. The first-order valence-electron chi connectivity index (χ1n) is 14.9. The highest BCUT2D eigenvalue weighted by molar-refractivity contribution is 9.10. The number of nitrogen functional groups attached to an aromatic ring is 1. The average Bonchev–Trinajstić information content (AvgIpc) is 3.03.